The summed E-state index contributed by atoms with van der Waals surface area (Å²) >= 11 is 0. The van der Waals surface area contributed by atoms with E-state index < -0.39 is 16.0 Å². The molecular weight excluding hydrogens is 538 g/mol. The quantitative estimate of drug-likeness (QED) is 0.188. The van der Waals surface area contributed by atoms with Crippen LogP contribution in [-0.4, -0.2) is 35.8 Å². The number of ether oxygens (including phenoxy) is 2. The van der Waals surface area contributed by atoms with Crippen LogP contribution in [0.25, 0.3) is 11.1 Å². The summed E-state index contributed by atoms with van der Waals surface area (Å²) in [6.07, 6.45) is 4.98. The lowest BCUT2D eigenvalue weighted by Gasteiger charge is -2.22. The van der Waals surface area contributed by atoms with Crippen LogP contribution in [0, 0.1) is 0 Å². The van der Waals surface area contributed by atoms with Crippen LogP contribution < -0.4 is 4.74 Å². The van der Waals surface area contributed by atoms with Crippen molar-refractivity contribution in [3.05, 3.63) is 139 Å². The molecule has 0 saturated carbocycles. The lowest BCUT2D eigenvalue weighted by atomic mass is 10.1. The Labute approximate surface area is 238 Å². The highest BCUT2D eigenvalue weighted by Crippen LogP contribution is 2.26. The fraction of sp³-hybridized carbons (Fsp3) is 0.0938. The molecular formula is C32H27N3O5S. The zero-order valence-corrected chi connectivity index (χ0v) is 23.1. The molecule has 0 radical (unpaired) electrons. The molecule has 0 fully saturated rings. The number of para-hydroxylation sites is 1. The van der Waals surface area contributed by atoms with Crippen LogP contribution in [0.3, 0.4) is 0 Å². The molecule has 0 saturated heterocycles. The van der Waals surface area contributed by atoms with Gasteiger partial charge in [0, 0.05) is 30.7 Å². The Balaban J connectivity index is 1.37. The predicted octanol–water partition coefficient (Wildman–Crippen LogP) is 6.11. The van der Waals surface area contributed by atoms with E-state index >= 15 is 0 Å². The number of methoxy groups -OCH3 is 1. The third-order valence-corrected chi connectivity index (χ3v) is 8.13. The van der Waals surface area contributed by atoms with E-state index in [1.165, 1.54) is 11.4 Å². The average molecular weight is 566 g/mol. The number of benzene rings is 3. The molecule has 5 aromatic rings. The number of nitrogens with zero attached hydrogens (tertiary/aromatic N) is 3. The minimum Gasteiger partial charge on any atom is -0.465 e. The van der Waals surface area contributed by atoms with E-state index in [2.05, 4.69) is 9.97 Å². The van der Waals surface area contributed by atoms with Crippen molar-refractivity contribution in [1.82, 2.24) is 14.3 Å². The van der Waals surface area contributed by atoms with E-state index in [9.17, 15) is 13.2 Å². The minimum absolute atomic E-state index is 0.0566. The standard InChI is InChI=1S/C32H27N3O5S/c1-39-32(36)26-11-9-25(10-12-26)27-13-14-28(34-21-27)23-35(22-24-6-5-19-33-20-24)41(37,38)31-17-15-30(16-18-31)40-29-7-3-2-4-8-29/h2-21H,22-23H2,1H3. The average Bonchev–Trinajstić information content (AvgIpc) is 3.02. The lowest BCUT2D eigenvalue weighted by molar-refractivity contribution is 0.0600. The number of esters is 1. The molecule has 3 aromatic carbocycles. The van der Waals surface area contributed by atoms with Crippen molar-refractivity contribution >= 4 is 16.0 Å². The molecule has 5 rings (SSSR count). The van der Waals surface area contributed by atoms with Gasteiger partial charge in [-0.25, -0.2) is 13.2 Å². The summed E-state index contributed by atoms with van der Waals surface area (Å²) in [7, 11) is -2.56. The van der Waals surface area contributed by atoms with Crippen LogP contribution >= 0.6 is 0 Å². The molecule has 0 aliphatic carbocycles. The maximum absolute atomic E-state index is 13.8. The maximum Gasteiger partial charge on any atom is 0.337 e. The molecule has 0 atom stereocenters. The first kappa shape index (κ1) is 27.7. The molecule has 0 unspecified atom stereocenters. The van der Waals surface area contributed by atoms with Gasteiger partial charge in [0.25, 0.3) is 0 Å². The van der Waals surface area contributed by atoms with Gasteiger partial charge in [0.15, 0.2) is 0 Å². The van der Waals surface area contributed by atoms with Gasteiger partial charge >= 0.3 is 5.97 Å². The molecule has 8 nitrogen and oxygen atoms in total. The number of pyridine rings is 2. The first-order chi connectivity index (χ1) is 19.9. The third kappa shape index (κ3) is 6.84. The van der Waals surface area contributed by atoms with Crippen LogP contribution in [0.5, 0.6) is 11.5 Å². The molecule has 0 N–H and O–H groups in total. The molecule has 0 spiro atoms. The van der Waals surface area contributed by atoms with Gasteiger partial charge in [-0.2, -0.15) is 4.31 Å². The second kappa shape index (κ2) is 12.5. The van der Waals surface area contributed by atoms with Crippen molar-refractivity contribution in [3.8, 4) is 22.6 Å². The normalized spacial score (nSPS) is 11.3. The maximum atomic E-state index is 13.8. The fourth-order valence-corrected chi connectivity index (χ4v) is 5.56. The van der Waals surface area contributed by atoms with E-state index in [4.69, 9.17) is 9.47 Å². The first-order valence-corrected chi connectivity index (χ1v) is 14.2. The summed E-state index contributed by atoms with van der Waals surface area (Å²) in [5.41, 5.74) is 3.49. The zero-order valence-electron chi connectivity index (χ0n) is 22.3. The van der Waals surface area contributed by atoms with Crippen molar-refractivity contribution < 1.29 is 22.7 Å². The minimum atomic E-state index is -3.90. The van der Waals surface area contributed by atoms with Crippen molar-refractivity contribution in [2.45, 2.75) is 18.0 Å². The monoisotopic (exact) mass is 565 g/mol. The molecule has 0 amide bonds. The van der Waals surface area contributed by atoms with E-state index in [0.717, 1.165) is 16.7 Å². The Hall–Kier alpha value is -4.86. The summed E-state index contributed by atoms with van der Waals surface area (Å²) in [6, 6.07) is 29.9. The zero-order chi connectivity index (χ0) is 28.7. The first-order valence-electron chi connectivity index (χ1n) is 12.8. The van der Waals surface area contributed by atoms with Crippen molar-refractivity contribution in [3.63, 3.8) is 0 Å². The summed E-state index contributed by atoms with van der Waals surface area (Å²) in [6.45, 7) is 0.178. The number of carbonyl (C=O) groups excluding carboxylic acids is 1. The number of hydrogen-bond acceptors (Lipinski definition) is 7. The molecule has 0 aliphatic rings. The third-order valence-electron chi connectivity index (χ3n) is 6.32. The predicted molar refractivity (Wildman–Crippen MR) is 155 cm³/mol. The highest BCUT2D eigenvalue weighted by Gasteiger charge is 2.26. The van der Waals surface area contributed by atoms with E-state index in [1.54, 1.807) is 67.1 Å². The van der Waals surface area contributed by atoms with Crippen molar-refractivity contribution in [2.75, 3.05) is 7.11 Å². The number of carbonyl (C=O) groups is 1. The Morgan fingerprint density at radius 3 is 2.10 bits per heavy atom. The van der Waals surface area contributed by atoms with Crippen molar-refractivity contribution in [1.29, 1.82) is 0 Å². The molecule has 0 aliphatic heterocycles. The highest BCUT2D eigenvalue weighted by atomic mass is 32.2. The summed E-state index contributed by atoms with van der Waals surface area (Å²) in [4.78, 5) is 20.5. The van der Waals surface area contributed by atoms with Gasteiger partial charge in [0.05, 0.1) is 29.8 Å². The van der Waals surface area contributed by atoms with E-state index in [0.29, 0.717) is 22.8 Å². The topological polar surface area (TPSA) is 98.7 Å². The van der Waals surface area contributed by atoms with Crippen molar-refractivity contribution in [2.24, 2.45) is 0 Å². The molecule has 2 heterocycles. The van der Waals surface area contributed by atoms with E-state index in [1.807, 2.05) is 54.6 Å². The molecule has 206 valence electrons. The fourth-order valence-electron chi connectivity index (χ4n) is 4.16. The van der Waals surface area contributed by atoms with Crippen LogP contribution in [0.1, 0.15) is 21.6 Å². The SMILES string of the molecule is COC(=O)c1ccc(-c2ccc(CN(Cc3cccnc3)S(=O)(=O)c3ccc(Oc4ccccc4)cc3)nc2)cc1. The number of hydrogen-bond donors (Lipinski definition) is 0. The van der Waals surface area contributed by atoms with Gasteiger partial charge in [-0.05, 0) is 71.8 Å². The van der Waals surface area contributed by atoms with Gasteiger partial charge in [-0.15, -0.1) is 0 Å². The molecule has 2 aromatic heterocycles. The number of rotatable bonds is 10. The van der Waals surface area contributed by atoms with Gasteiger partial charge in [-0.1, -0.05) is 42.5 Å². The van der Waals surface area contributed by atoms with Crippen LogP contribution in [0.15, 0.2) is 127 Å². The van der Waals surface area contributed by atoms with Gasteiger partial charge < -0.3 is 9.47 Å². The van der Waals surface area contributed by atoms with Gasteiger partial charge in [0.1, 0.15) is 11.5 Å². The Kier molecular flexibility index (Phi) is 8.47. The summed E-state index contributed by atoms with van der Waals surface area (Å²) in [5.74, 6) is 0.791. The Morgan fingerprint density at radius 2 is 1.46 bits per heavy atom. The van der Waals surface area contributed by atoms with Gasteiger partial charge in [-0.3, -0.25) is 9.97 Å². The van der Waals surface area contributed by atoms with Gasteiger partial charge in [0.2, 0.25) is 10.0 Å². The lowest BCUT2D eigenvalue weighted by Crippen LogP contribution is -2.30. The number of aromatic nitrogens is 2. The molecule has 0 bridgehead atoms. The largest absolute Gasteiger partial charge is 0.465 e. The number of sulfonamides is 1. The molecule has 41 heavy (non-hydrogen) atoms. The van der Waals surface area contributed by atoms with Crippen LogP contribution in [-0.2, 0) is 27.8 Å². The smallest absolute Gasteiger partial charge is 0.337 e. The highest BCUT2D eigenvalue weighted by molar-refractivity contribution is 7.89. The summed E-state index contributed by atoms with van der Waals surface area (Å²) < 4.78 is 39.6. The summed E-state index contributed by atoms with van der Waals surface area (Å²) in [5, 5.41) is 0. The molecule has 9 heteroatoms. The van der Waals surface area contributed by atoms with E-state index in [-0.39, 0.29) is 18.0 Å². The Bertz CT molecular complexity index is 1690. The van der Waals surface area contributed by atoms with Crippen LogP contribution in [0.4, 0.5) is 0 Å². The van der Waals surface area contributed by atoms with Crippen LogP contribution in [0.2, 0.25) is 0 Å². The second-order valence-corrected chi connectivity index (χ2v) is 11.1. The Morgan fingerprint density at radius 1 is 0.756 bits per heavy atom. The second-order valence-electron chi connectivity index (χ2n) is 9.13.